The maximum absolute atomic E-state index is 13.9. The highest BCUT2D eigenvalue weighted by Gasteiger charge is 2.33. The van der Waals surface area contributed by atoms with Crippen LogP contribution >= 0.6 is 11.3 Å². The Kier molecular flexibility index (Phi) is 6.86. The first-order valence-corrected chi connectivity index (χ1v) is 13.1. The van der Waals surface area contributed by atoms with Crippen LogP contribution in [0.25, 0.3) is 11.8 Å². The van der Waals surface area contributed by atoms with Crippen LogP contribution < -0.4 is 19.6 Å². The first kappa shape index (κ1) is 25.4. The van der Waals surface area contributed by atoms with Crippen LogP contribution in [0.2, 0.25) is 0 Å². The number of nitrogens with zero attached hydrogens (tertiary/aromatic N) is 4. The van der Waals surface area contributed by atoms with Crippen molar-refractivity contribution in [3.8, 4) is 11.4 Å². The zero-order valence-corrected chi connectivity index (χ0v) is 22.7. The van der Waals surface area contributed by atoms with Crippen LogP contribution in [0.4, 0.5) is 0 Å². The van der Waals surface area contributed by atoms with Gasteiger partial charge >= 0.3 is 5.97 Å². The van der Waals surface area contributed by atoms with Crippen molar-refractivity contribution in [1.29, 1.82) is 0 Å². The Balaban J connectivity index is 1.70. The lowest BCUT2D eigenvalue weighted by atomic mass is 9.96. The molecule has 4 aromatic rings. The van der Waals surface area contributed by atoms with Crippen LogP contribution in [0.15, 0.2) is 75.7 Å². The number of methoxy groups -OCH3 is 1. The van der Waals surface area contributed by atoms with Gasteiger partial charge in [0.1, 0.15) is 5.75 Å². The molecular formula is C29H28N4O4S. The Morgan fingerprint density at radius 1 is 1.08 bits per heavy atom. The highest BCUT2D eigenvalue weighted by atomic mass is 32.1. The lowest BCUT2D eigenvalue weighted by molar-refractivity contribution is -0.139. The summed E-state index contributed by atoms with van der Waals surface area (Å²) in [7, 11) is 1.59. The number of hydrogen-bond donors (Lipinski definition) is 0. The Morgan fingerprint density at radius 3 is 2.45 bits per heavy atom. The van der Waals surface area contributed by atoms with E-state index in [1.807, 2.05) is 79.2 Å². The number of ether oxygens (including phenoxy) is 2. The Labute approximate surface area is 223 Å². The number of aromatic nitrogens is 3. The fraction of sp³-hybridized carbons (Fsp3) is 0.241. The minimum absolute atomic E-state index is 0.222. The molecule has 0 N–H and O–H groups in total. The number of carbonyl (C=O) groups is 1. The summed E-state index contributed by atoms with van der Waals surface area (Å²) >= 11 is 1.30. The smallest absolute Gasteiger partial charge is 0.338 e. The van der Waals surface area contributed by atoms with Crippen molar-refractivity contribution in [3.05, 3.63) is 108 Å². The summed E-state index contributed by atoms with van der Waals surface area (Å²) in [4.78, 5) is 32.2. The molecular weight excluding hydrogens is 500 g/mol. The van der Waals surface area contributed by atoms with E-state index in [1.54, 1.807) is 25.5 Å². The molecule has 0 spiro atoms. The SMILES string of the molecule is CCOC(=O)C1=C(C)N=c2sc(=Cc3c(C)nn(-c4ccccc4)c3C)c(=O)n2[C@@H]1c1ccc(OC)cc1. The molecule has 9 heteroatoms. The number of esters is 1. The number of rotatable bonds is 6. The zero-order chi connectivity index (χ0) is 27.0. The lowest BCUT2D eigenvalue weighted by Crippen LogP contribution is -2.39. The van der Waals surface area contributed by atoms with Crippen molar-refractivity contribution >= 4 is 23.4 Å². The highest BCUT2D eigenvalue weighted by Crippen LogP contribution is 2.31. The minimum Gasteiger partial charge on any atom is -0.497 e. The number of allylic oxidation sites excluding steroid dienone is 1. The molecule has 3 heterocycles. The second kappa shape index (κ2) is 10.3. The predicted molar refractivity (Wildman–Crippen MR) is 146 cm³/mol. The van der Waals surface area contributed by atoms with E-state index in [0.29, 0.717) is 26.4 Å². The van der Waals surface area contributed by atoms with Gasteiger partial charge in [-0.05, 0) is 63.6 Å². The van der Waals surface area contributed by atoms with Crippen molar-refractivity contribution < 1.29 is 14.3 Å². The first-order chi connectivity index (χ1) is 18.3. The monoisotopic (exact) mass is 528 g/mol. The molecule has 38 heavy (non-hydrogen) atoms. The fourth-order valence-corrected chi connectivity index (χ4v) is 5.74. The van der Waals surface area contributed by atoms with E-state index in [4.69, 9.17) is 14.6 Å². The molecule has 1 atom stereocenters. The first-order valence-electron chi connectivity index (χ1n) is 12.3. The normalized spacial score (nSPS) is 15.3. The van der Waals surface area contributed by atoms with Gasteiger partial charge in [0.2, 0.25) is 0 Å². The molecule has 0 saturated carbocycles. The summed E-state index contributed by atoms with van der Waals surface area (Å²) in [5, 5.41) is 4.71. The predicted octanol–water partition coefficient (Wildman–Crippen LogP) is 3.61. The van der Waals surface area contributed by atoms with E-state index in [9.17, 15) is 9.59 Å². The van der Waals surface area contributed by atoms with E-state index in [-0.39, 0.29) is 12.2 Å². The quantitative estimate of drug-likeness (QED) is 0.357. The molecule has 1 aliphatic rings. The van der Waals surface area contributed by atoms with Gasteiger partial charge in [0.05, 0.1) is 46.9 Å². The Morgan fingerprint density at radius 2 is 1.79 bits per heavy atom. The molecule has 0 fully saturated rings. The van der Waals surface area contributed by atoms with Crippen molar-refractivity contribution in [2.75, 3.05) is 13.7 Å². The molecule has 8 nitrogen and oxygen atoms in total. The van der Waals surface area contributed by atoms with Crippen LogP contribution in [0.1, 0.15) is 42.4 Å². The van der Waals surface area contributed by atoms with E-state index >= 15 is 0 Å². The zero-order valence-electron chi connectivity index (χ0n) is 21.9. The number of para-hydroxylation sites is 1. The highest BCUT2D eigenvalue weighted by molar-refractivity contribution is 7.07. The summed E-state index contributed by atoms with van der Waals surface area (Å²) in [6.07, 6.45) is 1.87. The van der Waals surface area contributed by atoms with Crippen LogP contribution in [0.5, 0.6) is 5.75 Å². The fourth-order valence-electron chi connectivity index (χ4n) is 4.71. The molecule has 5 rings (SSSR count). The summed E-state index contributed by atoms with van der Waals surface area (Å²) in [5.74, 6) is 0.195. The number of thiazole rings is 1. The standard InChI is InChI=1S/C29H28N4O4S/c1-6-37-28(35)25-18(3)30-29-32(26(25)20-12-14-22(36-5)15-13-20)27(34)24(38-29)16-23-17(2)31-33(19(23)4)21-10-8-7-9-11-21/h7-16,26H,6H2,1-5H3/t26-/m1/s1. The van der Waals surface area contributed by atoms with Gasteiger partial charge in [-0.25, -0.2) is 14.5 Å². The second-order valence-corrected chi connectivity index (χ2v) is 9.92. The van der Waals surface area contributed by atoms with Crippen LogP contribution in [-0.2, 0) is 9.53 Å². The van der Waals surface area contributed by atoms with Gasteiger partial charge in [-0.3, -0.25) is 9.36 Å². The molecule has 0 aliphatic carbocycles. The van der Waals surface area contributed by atoms with Gasteiger partial charge in [-0.2, -0.15) is 5.10 Å². The molecule has 0 unspecified atom stereocenters. The van der Waals surface area contributed by atoms with Gasteiger partial charge in [-0.1, -0.05) is 41.7 Å². The van der Waals surface area contributed by atoms with Crippen molar-refractivity contribution in [3.63, 3.8) is 0 Å². The molecule has 194 valence electrons. The van der Waals surface area contributed by atoms with Gasteiger partial charge in [0.25, 0.3) is 5.56 Å². The lowest BCUT2D eigenvalue weighted by Gasteiger charge is -2.24. The summed E-state index contributed by atoms with van der Waals surface area (Å²) in [6, 6.07) is 16.5. The number of hydrogen-bond acceptors (Lipinski definition) is 7. The molecule has 2 aromatic heterocycles. The second-order valence-electron chi connectivity index (χ2n) is 8.91. The van der Waals surface area contributed by atoms with E-state index in [1.165, 1.54) is 11.3 Å². The topological polar surface area (TPSA) is 87.7 Å². The summed E-state index contributed by atoms with van der Waals surface area (Å²) in [5.41, 5.74) is 4.98. The van der Waals surface area contributed by atoms with Crippen molar-refractivity contribution in [1.82, 2.24) is 14.3 Å². The van der Waals surface area contributed by atoms with Gasteiger partial charge in [0, 0.05) is 11.3 Å². The summed E-state index contributed by atoms with van der Waals surface area (Å²) in [6.45, 7) is 7.67. The van der Waals surface area contributed by atoms with E-state index in [2.05, 4.69) is 4.99 Å². The number of benzene rings is 2. The van der Waals surface area contributed by atoms with E-state index < -0.39 is 12.0 Å². The molecule has 1 aliphatic heterocycles. The molecule has 2 aromatic carbocycles. The minimum atomic E-state index is -0.674. The van der Waals surface area contributed by atoms with Crippen LogP contribution in [-0.4, -0.2) is 34.0 Å². The van der Waals surface area contributed by atoms with Crippen molar-refractivity contribution in [2.45, 2.75) is 33.7 Å². The maximum atomic E-state index is 13.9. The number of aryl methyl sites for hydroxylation is 1. The maximum Gasteiger partial charge on any atom is 0.338 e. The molecule has 0 saturated heterocycles. The molecule has 0 bridgehead atoms. The van der Waals surface area contributed by atoms with Gasteiger partial charge in [0.15, 0.2) is 4.80 Å². The van der Waals surface area contributed by atoms with Crippen LogP contribution in [0.3, 0.4) is 0 Å². The average molecular weight is 529 g/mol. The molecule has 0 radical (unpaired) electrons. The van der Waals surface area contributed by atoms with Gasteiger partial charge < -0.3 is 9.47 Å². The summed E-state index contributed by atoms with van der Waals surface area (Å²) < 4.78 is 14.7. The average Bonchev–Trinajstić information content (AvgIpc) is 3.38. The Bertz CT molecular complexity index is 1730. The van der Waals surface area contributed by atoms with Crippen LogP contribution in [0, 0.1) is 13.8 Å². The van der Waals surface area contributed by atoms with Gasteiger partial charge in [-0.15, -0.1) is 0 Å². The third kappa shape index (κ3) is 4.39. The molecule has 0 amide bonds. The number of fused-ring (bicyclic) bond motifs is 1. The number of carbonyl (C=O) groups excluding carboxylic acids is 1. The van der Waals surface area contributed by atoms with Crippen molar-refractivity contribution in [2.24, 2.45) is 4.99 Å². The Hall–Kier alpha value is -4.24. The third-order valence-corrected chi connectivity index (χ3v) is 7.55. The largest absolute Gasteiger partial charge is 0.497 e. The third-order valence-electron chi connectivity index (χ3n) is 6.57. The van der Waals surface area contributed by atoms with E-state index in [0.717, 1.165) is 28.2 Å².